The van der Waals surface area contributed by atoms with Gasteiger partial charge in [0.15, 0.2) is 11.5 Å². The van der Waals surface area contributed by atoms with E-state index in [1.807, 2.05) is 18.4 Å². The van der Waals surface area contributed by atoms with Crippen LogP contribution in [0.1, 0.15) is 65.4 Å². The molecule has 0 fully saturated rings. The summed E-state index contributed by atoms with van der Waals surface area (Å²) in [5.41, 5.74) is 2.94. The molecule has 1 aliphatic heterocycles. The number of furan rings is 1. The molecule has 0 aromatic carbocycles. The minimum absolute atomic E-state index is 0.0231. The highest BCUT2D eigenvalue weighted by atomic mass is 16.6. The highest BCUT2D eigenvalue weighted by Crippen LogP contribution is 2.26. The van der Waals surface area contributed by atoms with Crippen molar-refractivity contribution in [3.63, 3.8) is 0 Å². The van der Waals surface area contributed by atoms with E-state index >= 15 is 0 Å². The third-order valence-electron chi connectivity index (χ3n) is 5.29. The van der Waals surface area contributed by atoms with Crippen LogP contribution in [0.4, 0.5) is 0 Å². The molecule has 1 aromatic heterocycles. The van der Waals surface area contributed by atoms with Crippen LogP contribution in [0.3, 0.4) is 0 Å². The van der Waals surface area contributed by atoms with Crippen LogP contribution in [-0.2, 0) is 16.0 Å². The molecule has 4 nitrogen and oxygen atoms in total. The molecule has 0 aliphatic carbocycles. The van der Waals surface area contributed by atoms with E-state index in [9.17, 15) is 9.90 Å². The van der Waals surface area contributed by atoms with Crippen molar-refractivity contribution in [3.8, 4) is 0 Å². The van der Waals surface area contributed by atoms with Gasteiger partial charge in [-0.3, -0.25) is 0 Å². The number of allylic oxidation sites excluding steroid dienone is 5. The van der Waals surface area contributed by atoms with E-state index in [0.717, 1.165) is 38.5 Å². The number of aliphatic hydroxyl groups is 1. The van der Waals surface area contributed by atoms with E-state index in [4.69, 9.17) is 9.15 Å². The molecule has 1 aromatic rings. The quantitative estimate of drug-likeness (QED) is 0.328. The first-order valence-corrected chi connectivity index (χ1v) is 10.6. The van der Waals surface area contributed by atoms with Crippen LogP contribution in [0.15, 0.2) is 70.0 Å². The van der Waals surface area contributed by atoms with Gasteiger partial charge in [-0.25, -0.2) is 4.79 Å². The molecule has 0 saturated carbocycles. The maximum absolute atomic E-state index is 11.4. The fourth-order valence-corrected chi connectivity index (χ4v) is 3.32. The minimum atomic E-state index is -0.454. The maximum atomic E-state index is 11.4. The second kappa shape index (κ2) is 11.5. The topological polar surface area (TPSA) is 59.7 Å². The summed E-state index contributed by atoms with van der Waals surface area (Å²) < 4.78 is 10.2. The second-order valence-electron chi connectivity index (χ2n) is 8.16. The summed E-state index contributed by atoms with van der Waals surface area (Å²) in [7, 11) is 0. The third-order valence-corrected chi connectivity index (χ3v) is 5.29. The molecule has 2 rings (SSSR count). The number of ether oxygens (including phenoxy) is 1. The van der Waals surface area contributed by atoms with Gasteiger partial charge < -0.3 is 14.3 Å². The number of carbonyl (C=O) groups excluding carboxylic acids is 1. The molecular formula is C25H34O4. The summed E-state index contributed by atoms with van der Waals surface area (Å²) in [5.74, 6) is 0.597. The third kappa shape index (κ3) is 7.80. The zero-order chi connectivity index (χ0) is 21.2. The molecule has 0 unspecified atom stereocenters. The number of carbonyl (C=O) groups is 1. The number of hydrogen-bond donors (Lipinski definition) is 1. The molecule has 4 heteroatoms. The van der Waals surface area contributed by atoms with Crippen LogP contribution in [0.2, 0.25) is 0 Å². The summed E-state index contributed by atoms with van der Waals surface area (Å²) in [6.45, 7) is 8.07. The average Bonchev–Trinajstić information content (AvgIpc) is 3.27. The lowest BCUT2D eigenvalue weighted by atomic mass is 9.97. The molecule has 2 atom stereocenters. The summed E-state index contributed by atoms with van der Waals surface area (Å²) in [4.78, 5) is 11.4. The van der Waals surface area contributed by atoms with Crippen LogP contribution in [0, 0.1) is 11.8 Å². The Bertz CT molecular complexity index is 778. The maximum Gasteiger partial charge on any atom is 0.343 e. The first-order chi connectivity index (χ1) is 13.9. The van der Waals surface area contributed by atoms with Gasteiger partial charge in [0.05, 0.1) is 18.1 Å². The zero-order valence-corrected chi connectivity index (χ0v) is 18.1. The number of esters is 1. The van der Waals surface area contributed by atoms with E-state index in [1.54, 1.807) is 13.2 Å². The van der Waals surface area contributed by atoms with Crippen molar-refractivity contribution in [1.29, 1.82) is 0 Å². The highest BCUT2D eigenvalue weighted by molar-refractivity contribution is 5.93. The first-order valence-electron chi connectivity index (χ1n) is 10.6. The Morgan fingerprint density at radius 2 is 1.97 bits per heavy atom. The van der Waals surface area contributed by atoms with E-state index in [1.165, 1.54) is 11.1 Å². The Balaban J connectivity index is 1.64. The number of aliphatic hydroxyl groups excluding tert-OH is 1. The zero-order valence-electron chi connectivity index (χ0n) is 18.1. The van der Waals surface area contributed by atoms with Crippen LogP contribution >= 0.6 is 0 Å². The smallest absolute Gasteiger partial charge is 0.343 e. The molecule has 1 aliphatic rings. The summed E-state index contributed by atoms with van der Waals surface area (Å²) in [6.07, 6.45) is 18.5. The predicted octanol–water partition coefficient (Wildman–Crippen LogP) is 6.82. The van der Waals surface area contributed by atoms with Gasteiger partial charge in [0, 0.05) is 0 Å². The van der Waals surface area contributed by atoms with Gasteiger partial charge in [-0.1, -0.05) is 44.1 Å². The van der Waals surface area contributed by atoms with E-state index in [0.29, 0.717) is 11.7 Å². The van der Waals surface area contributed by atoms with Gasteiger partial charge in [-0.2, -0.15) is 0 Å². The molecule has 0 radical (unpaired) electrons. The fraction of sp³-hybridized carbons (Fsp3) is 0.480. The van der Waals surface area contributed by atoms with Crippen LogP contribution in [0.25, 0.3) is 0 Å². The molecule has 0 amide bonds. The number of aryl methyl sites for hydroxylation is 1. The Morgan fingerprint density at radius 3 is 2.62 bits per heavy atom. The molecule has 2 heterocycles. The van der Waals surface area contributed by atoms with E-state index < -0.39 is 5.97 Å². The largest absolute Gasteiger partial charge is 0.504 e. The Morgan fingerprint density at radius 1 is 1.21 bits per heavy atom. The van der Waals surface area contributed by atoms with Gasteiger partial charge in [-0.05, 0) is 75.5 Å². The van der Waals surface area contributed by atoms with Crippen molar-refractivity contribution in [2.75, 3.05) is 0 Å². The SMILES string of the molecule is CC(=CC=C[C@@H](C)CCC[C@H](C)C=C1OC(=O)C(C)=C1O)CCCc1ccoc1. The van der Waals surface area contributed by atoms with Gasteiger partial charge in [0.1, 0.15) is 0 Å². The number of hydrogen-bond acceptors (Lipinski definition) is 4. The standard InChI is InChI=1S/C25H34O4/c1-18(8-5-9-19(2)11-7-13-22-14-15-28-17-22)10-6-12-20(3)16-23-24(26)21(4)25(27)29-23/h5,8-9,14-18,20,26H,6-7,10-13H2,1-4H3/t18-,20+/m1/s1. The fourth-order valence-electron chi connectivity index (χ4n) is 3.32. The molecule has 0 bridgehead atoms. The molecular weight excluding hydrogens is 364 g/mol. The van der Waals surface area contributed by atoms with Crippen molar-refractivity contribution in [1.82, 2.24) is 0 Å². The van der Waals surface area contributed by atoms with Gasteiger partial charge in [0.2, 0.25) is 0 Å². The van der Waals surface area contributed by atoms with Crippen molar-refractivity contribution in [2.24, 2.45) is 11.8 Å². The summed E-state index contributed by atoms with van der Waals surface area (Å²) in [6, 6.07) is 2.03. The average molecular weight is 399 g/mol. The second-order valence-corrected chi connectivity index (χ2v) is 8.16. The predicted molar refractivity (Wildman–Crippen MR) is 116 cm³/mol. The van der Waals surface area contributed by atoms with Gasteiger partial charge in [-0.15, -0.1) is 0 Å². The normalized spacial score (nSPS) is 18.7. The van der Waals surface area contributed by atoms with Gasteiger partial charge in [0.25, 0.3) is 0 Å². The van der Waals surface area contributed by atoms with Crippen molar-refractivity contribution in [2.45, 2.75) is 66.2 Å². The monoisotopic (exact) mass is 398 g/mol. The number of rotatable bonds is 11. The van der Waals surface area contributed by atoms with Crippen molar-refractivity contribution < 1.29 is 19.1 Å². The van der Waals surface area contributed by atoms with Crippen molar-refractivity contribution in [3.05, 3.63) is 71.1 Å². The highest BCUT2D eigenvalue weighted by Gasteiger charge is 2.26. The summed E-state index contributed by atoms with van der Waals surface area (Å²) in [5, 5.41) is 9.88. The lowest BCUT2D eigenvalue weighted by molar-refractivity contribution is -0.133. The Labute approximate surface area is 174 Å². The van der Waals surface area contributed by atoms with E-state index in [2.05, 4.69) is 39.0 Å². The first kappa shape index (κ1) is 22.8. The van der Waals surface area contributed by atoms with Gasteiger partial charge >= 0.3 is 5.97 Å². The lowest BCUT2D eigenvalue weighted by Crippen LogP contribution is -1.98. The Hall–Kier alpha value is -2.49. The van der Waals surface area contributed by atoms with Crippen molar-refractivity contribution >= 4 is 5.97 Å². The molecule has 29 heavy (non-hydrogen) atoms. The molecule has 0 spiro atoms. The number of cyclic esters (lactones) is 1. The molecule has 0 saturated heterocycles. The van der Waals surface area contributed by atoms with Crippen LogP contribution < -0.4 is 0 Å². The molecule has 1 N–H and O–H groups in total. The van der Waals surface area contributed by atoms with E-state index in [-0.39, 0.29) is 17.3 Å². The minimum Gasteiger partial charge on any atom is -0.504 e. The molecule has 158 valence electrons. The lowest BCUT2D eigenvalue weighted by Gasteiger charge is -2.10. The van der Waals surface area contributed by atoms with Crippen LogP contribution in [0.5, 0.6) is 0 Å². The van der Waals surface area contributed by atoms with Crippen LogP contribution in [-0.4, -0.2) is 11.1 Å². The summed E-state index contributed by atoms with van der Waals surface area (Å²) >= 11 is 0. The Kier molecular flexibility index (Phi) is 9.04.